The Kier molecular flexibility index (Phi) is 4.75. The highest BCUT2D eigenvalue weighted by Crippen LogP contribution is 2.18. The summed E-state index contributed by atoms with van der Waals surface area (Å²) < 4.78 is 10.2. The molecule has 0 radical (unpaired) electrons. The largest absolute Gasteiger partial charge is 0.479 e. The summed E-state index contributed by atoms with van der Waals surface area (Å²) in [6.07, 6.45) is 0. The minimum Gasteiger partial charge on any atom is -0.479 e. The SMILES string of the molecule is Cc1cc(CNC(C)c2ccc(OCC#N)cc2)no1. The molecule has 0 aliphatic carbocycles. The van der Waals surface area contributed by atoms with E-state index >= 15 is 0 Å². The average Bonchev–Trinajstić information content (AvgIpc) is 2.89. The third kappa shape index (κ3) is 3.84. The van der Waals surface area contributed by atoms with Crippen LogP contribution in [0.4, 0.5) is 0 Å². The van der Waals surface area contributed by atoms with Crippen molar-refractivity contribution in [2.75, 3.05) is 6.61 Å². The minimum absolute atomic E-state index is 0.0681. The molecule has 0 amide bonds. The van der Waals surface area contributed by atoms with Gasteiger partial charge in [-0.05, 0) is 31.5 Å². The number of aromatic nitrogens is 1. The van der Waals surface area contributed by atoms with Gasteiger partial charge < -0.3 is 14.6 Å². The highest BCUT2D eigenvalue weighted by molar-refractivity contribution is 5.29. The van der Waals surface area contributed by atoms with Crippen molar-refractivity contribution in [1.29, 1.82) is 5.26 Å². The van der Waals surface area contributed by atoms with Crippen LogP contribution in [0.2, 0.25) is 0 Å². The standard InChI is InChI=1S/C15H17N3O2/c1-11-9-14(18-20-11)10-17-12(2)13-3-5-15(6-4-13)19-8-7-16/h3-6,9,12,17H,8,10H2,1-2H3. The molecule has 1 heterocycles. The topological polar surface area (TPSA) is 71.1 Å². The lowest BCUT2D eigenvalue weighted by atomic mass is 10.1. The van der Waals surface area contributed by atoms with E-state index < -0.39 is 0 Å². The average molecular weight is 271 g/mol. The molecule has 1 aromatic carbocycles. The predicted molar refractivity (Wildman–Crippen MR) is 74.0 cm³/mol. The molecule has 104 valence electrons. The Bertz CT molecular complexity index is 584. The van der Waals surface area contributed by atoms with Gasteiger partial charge in [0.05, 0.1) is 5.69 Å². The maximum Gasteiger partial charge on any atom is 0.174 e. The van der Waals surface area contributed by atoms with Crippen molar-refractivity contribution in [2.45, 2.75) is 26.4 Å². The lowest BCUT2D eigenvalue weighted by Gasteiger charge is -2.13. The molecule has 20 heavy (non-hydrogen) atoms. The zero-order valence-corrected chi connectivity index (χ0v) is 11.6. The van der Waals surface area contributed by atoms with Crippen molar-refractivity contribution >= 4 is 0 Å². The number of ether oxygens (including phenoxy) is 1. The van der Waals surface area contributed by atoms with E-state index in [1.54, 1.807) is 0 Å². The van der Waals surface area contributed by atoms with Crippen LogP contribution in [-0.2, 0) is 6.54 Å². The van der Waals surface area contributed by atoms with Gasteiger partial charge in [0.1, 0.15) is 17.6 Å². The quantitative estimate of drug-likeness (QED) is 0.874. The van der Waals surface area contributed by atoms with Crippen LogP contribution in [0.1, 0.15) is 30.0 Å². The molecule has 1 atom stereocenters. The molecule has 0 bridgehead atoms. The molecule has 0 fully saturated rings. The first-order valence-corrected chi connectivity index (χ1v) is 6.44. The molecule has 0 saturated carbocycles. The van der Waals surface area contributed by atoms with E-state index in [0.29, 0.717) is 12.3 Å². The van der Waals surface area contributed by atoms with Crippen molar-refractivity contribution < 1.29 is 9.26 Å². The summed E-state index contributed by atoms with van der Waals surface area (Å²) in [4.78, 5) is 0. The highest BCUT2D eigenvalue weighted by Gasteiger charge is 2.07. The number of benzene rings is 1. The highest BCUT2D eigenvalue weighted by atomic mass is 16.5. The van der Waals surface area contributed by atoms with Crippen LogP contribution < -0.4 is 10.1 Å². The third-order valence-electron chi connectivity index (χ3n) is 2.95. The lowest BCUT2D eigenvalue weighted by molar-refractivity contribution is 0.368. The van der Waals surface area contributed by atoms with Gasteiger partial charge in [-0.3, -0.25) is 0 Å². The van der Waals surface area contributed by atoms with Crippen molar-refractivity contribution in [3.05, 3.63) is 47.3 Å². The second-order valence-corrected chi connectivity index (χ2v) is 4.55. The molecule has 5 nitrogen and oxygen atoms in total. The summed E-state index contributed by atoms with van der Waals surface area (Å²) in [6, 6.07) is 11.8. The molecular formula is C15H17N3O2. The fourth-order valence-electron chi connectivity index (χ4n) is 1.85. The first kappa shape index (κ1) is 14.1. The van der Waals surface area contributed by atoms with Crippen LogP contribution in [0.25, 0.3) is 0 Å². The Morgan fingerprint density at radius 2 is 2.15 bits per heavy atom. The normalized spacial score (nSPS) is 11.8. The Morgan fingerprint density at radius 1 is 1.40 bits per heavy atom. The summed E-state index contributed by atoms with van der Waals surface area (Å²) in [5.74, 6) is 1.52. The predicted octanol–water partition coefficient (Wildman–Crippen LogP) is 2.74. The van der Waals surface area contributed by atoms with Crippen LogP contribution in [0, 0.1) is 18.3 Å². The molecule has 2 rings (SSSR count). The van der Waals surface area contributed by atoms with Gasteiger partial charge in [0.15, 0.2) is 6.61 Å². The summed E-state index contributed by atoms with van der Waals surface area (Å²) >= 11 is 0. The van der Waals surface area contributed by atoms with Crippen LogP contribution in [-0.4, -0.2) is 11.8 Å². The van der Waals surface area contributed by atoms with Crippen molar-refractivity contribution in [2.24, 2.45) is 0 Å². The molecule has 0 aliphatic heterocycles. The number of aryl methyl sites for hydroxylation is 1. The van der Waals surface area contributed by atoms with Gasteiger partial charge in [0.25, 0.3) is 0 Å². The second-order valence-electron chi connectivity index (χ2n) is 4.55. The van der Waals surface area contributed by atoms with Gasteiger partial charge in [0, 0.05) is 18.7 Å². The van der Waals surface area contributed by atoms with Gasteiger partial charge in [-0.25, -0.2) is 0 Å². The van der Waals surface area contributed by atoms with E-state index in [1.165, 1.54) is 0 Å². The molecule has 1 unspecified atom stereocenters. The molecule has 0 aliphatic rings. The molecule has 2 aromatic rings. The van der Waals surface area contributed by atoms with E-state index in [4.69, 9.17) is 14.5 Å². The Labute approximate surface area is 118 Å². The van der Waals surface area contributed by atoms with Gasteiger partial charge in [-0.2, -0.15) is 5.26 Å². The summed E-state index contributed by atoms with van der Waals surface area (Å²) in [6.45, 7) is 4.68. The maximum absolute atomic E-state index is 8.45. The summed E-state index contributed by atoms with van der Waals surface area (Å²) in [7, 11) is 0. The molecule has 1 N–H and O–H groups in total. The van der Waals surface area contributed by atoms with E-state index in [9.17, 15) is 0 Å². The van der Waals surface area contributed by atoms with Crippen LogP contribution in [0.15, 0.2) is 34.9 Å². The van der Waals surface area contributed by atoms with Gasteiger partial charge in [0.2, 0.25) is 0 Å². The molecule has 0 spiro atoms. The fraction of sp³-hybridized carbons (Fsp3) is 0.333. The third-order valence-corrected chi connectivity index (χ3v) is 2.95. The number of rotatable bonds is 6. The van der Waals surface area contributed by atoms with Gasteiger partial charge in [-0.15, -0.1) is 0 Å². The lowest BCUT2D eigenvalue weighted by Crippen LogP contribution is -2.18. The first-order chi connectivity index (χ1) is 9.69. The van der Waals surface area contributed by atoms with Crippen molar-refractivity contribution in [3.8, 4) is 11.8 Å². The number of nitrogens with zero attached hydrogens (tertiary/aromatic N) is 2. The molecular weight excluding hydrogens is 254 g/mol. The van der Waals surface area contributed by atoms with E-state index in [2.05, 4.69) is 17.4 Å². The first-order valence-electron chi connectivity index (χ1n) is 6.44. The van der Waals surface area contributed by atoms with Crippen molar-refractivity contribution in [3.63, 3.8) is 0 Å². The minimum atomic E-state index is 0.0681. The number of hydrogen-bond donors (Lipinski definition) is 1. The van der Waals surface area contributed by atoms with Crippen LogP contribution in [0.3, 0.4) is 0 Å². The van der Waals surface area contributed by atoms with Crippen LogP contribution >= 0.6 is 0 Å². The van der Waals surface area contributed by atoms with E-state index in [1.807, 2.05) is 43.3 Å². The zero-order chi connectivity index (χ0) is 14.4. The van der Waals surface area contributed by atoms with Crippen LogP contribution in [0.5, 0.6) is 5.75 Å². The van der Waals surface area contributed by atoms with Crippen molar-refractivity contribution in [1.82, 2.24) is 10.5 Å². The Hall–Kier alpha value is -2.32. The number of hydrogen-bond acceptors (Lipinski definition) is 5. The van der Waals surface area contributed by atoms with E-state index in [-0.39, 0.29) is 12.6 Å². The fourth-order valence-corrected chi connectivity index (χ4v) is 1.85. The van der Waals surface area contributed by atoms with Gasteiger partial charge in [-0.1, -0.05) is 17.3 Å². The summed E-state index contributed by atoms with van der Waals surface area (Å²) in [5, 5.41) is 15.8. The smallest absolute Gasteiger partial charge is 0.174 e. The monoisotopic (exact) mass is 271 g/mol. The zero-order valence-electron chi connectivity index (χ0n) is 11.6. The number of nitrogens with one attached hydrogen (secondary N) is 1. The second kappa shape index (κ2) is 6.73. The summed E-state index contributed by atoms with van der Waals surface area (Å²) in [5.41, 5.74) is 2.04. The number of nitriles is 1. The Morgan fingerprint density at radius 3 is 2.75 bits per heavy atom. The Balaban J connectivity index is 1.88. The van der Waals surface area contributed by atoms with E-state index in [0.717, 1.165) is 17.0 Å². The molecule has 5 heteroatoms. The molecule has 1 aromatic heterocycles. The van der Waals surface area contributed by atoms with Gasteiger partial charge >= 0.3 is 0 Å². The maximum atomic E-state index is 8.45. The molecule has 0 saturated heterocycles.